The Labute approximate surface area is 169 Å². The lowest BCUT2D eigenvalue weighted by Crippen LogP contribution is -2.33. The standard InChI is InChI=1S/C19H20ClNO4.C2H6O/c20-18-6-3-13(19-10-16(23)9-17(25-19)11-21-24)8-14(18)7-12-1-4-15(22)5-2-12;1-2-3/h1-6,8,16-17,19,22-23H,7,9-11H2;3H,2H2,1H3. The van der Waals surface area contributed by atoms with Gasteiger partial charge in [-0.25, -0.2) is 0 Å². The number of hydrogen-bond donors (Lipinski definition) is 3. The fourth-order valence-corrected chi connectivity index (χ4v) is 3.35. The van der Waals surface area contributed by atoms with Gasteiger partial charge in [0.2, 0.25) is 0 Å². The monoisotopic (exact) mass is 407 g/mol. The molecule has 3 rings (SSSR count). The van der Waals surface area contributed by atoms with Crippen molar-refractivity contribution in [3.8, 4) is 5.75 Å². The molecule has 3 unspecified atom stereocenters. The summed E-state index contributed by atoms with van der Waals surface area (Å²) in [5.41, 5.74) is 2.90. The molecule has 0 radical (unpaired) electrons. The van der Waals surface area contributed by atoms with Crippen molar-refractivity contribution in [1.82, 2.24) is 0 Å². The van der Waals surface area contributed by atoms with Gasteiger partial charge in [-0.05, 0) is 48.2 Å². The van der Waals surface area contributed by atoms with E-state index in [1.807, 2.05) is 30.3 Å². The first-order valence-corrected chi connectivity index (χ1v) is 9.64. The van der Waals surface area contributed by atoms with Crippen molar-refractivity contribution in [3.05, 3.63) is 69.1 Å². The molecule has 0 amide bonds. The predicted molar refractivity (Wildman–Crippen MR) is 109 cm³/mol. The van der Waals surface area contributed by atoms with Crippen LogP contribution >= 0.6 is 11.6 Å². The number of phenolic OH excluding ortho intramolecular Hbond substituents is 1. The Bertz CT molecular complexity index is 753. The molecule has 0 aliphatic carbocycles. The molecule has 0 spiro atoms. The summed E-state index contributed by atoms with van der Waals surface area (Å²) in [7, 11) is 0. The molecule has 1 aliphatic rings. The Hall–Kier alpha value is -1.99. The van der Waals surface area contributed by atoms with Crippen molar-refractivity contribution in [2.75, 3.05) is 13.2 Å². The van der Waals surface area contributed by atoms with Crippen LogP contribution in [0.2, 0.25) is 5.02 Å². The van der Waals surface area contributed by atoms with Gasteiger partial charge in [-0.2, -0.15) is 4.91 Å². The number of ether oxygens (including phenoxy) is 1. The molecule has 152 valence electrons. The fourth-order valence-electron chi connectivity index (χ4n) is 3.17. The van der Waals surface area contributed by atoms with Gasteiger partial charge in [0, 0.05) is 24.5 Å². The summed E-state index contributed by atoms with van der Waals surface area (Å²) in [4.78, 5) is 10.5. The van der Waals surface area contributed by atoms with Gasteiger partial charge < -0.3 is 20.1 Å². The van der Waals surface area contributed by atoms with Crippen LogP contribution in [-0.4, -0.2) is 40.7 Å². The van der Waals surface area contributed by atoms with Gasteiger partial charge in [0.05, 0.1) is 18.3 Å². The first-order chi connectivity index (χ1) is 13.5. The van der Waals surface area contributed by atoms with E-state index >= 15 is 0 Å². The first-order valence-electron chi connectivity index (χ1n) is 9.26. The molecule has 1 saturated heterocycles. The second-order valence-electron chi connectivity index (χ2n) is 6.69. The van der Waals surface area contributed by atoms with Gasteiger partial charge in [0.15, 0.2) is 0 Å². The third-order valence-corrected chi connectivity index (χ3v) is 4.80. The zero-order chi connectivity index (χ0) is 20.5. The van der Waals surface area contributed by atoms with Crippen LogP contribution in [0, 0.1) is 4.91 Å². The van der Waals surface area contributed by atoms with Crippen LogP contribution in [0.15, 0.2) is 47.6 Å². The van der Waals surface area contributed by atoms with Crippen molar-refractivity contribution >= 4 is 11.6 Å². The molecule has 3 N–H and O–H groups in total. The number of nitroso groups, excluding NO2 is 1. The third-order valence-electron chi connectivity index (χ3n) is 4.43. The van der Waals surface area contributed by atoms with Gasteiger partial charge in [-0.15, -0.1) is 0 Å². The number of benzene rings is 2. The average molecular weight is 408 g/mol. The number of hydrogen-bond acceptors (Lipinski definition) is 6. The second-order valence-corrected chi connectivity index (χ2v) is 7.10. The van der Waals surface area contributed by atoms with E-state index in [1.54, 1.807) is 19.1 Å². The van der Waals surface area contributed by atoms with Crippen LogP contribution in [0.5, 0.6) is 5.75 Å². The molecule has 2 aromatic rings. The van der Waals surface area contributed by atoms with Gasteiger partial charge in [-0.3, -0.25) is 0 Å². The Morgan fingerprint density at radius 1 is 1.18 bits per heavy atom. The van der Waals surface area contributed by atoms with Crippen LogP contribution in [0.25, 0.3) is 0 Å². The molecule has 7 heteroatoms. The van der Waals surface area contributed by atoms with Crippen molar-refractivity contribution < 1.29 is 20.1 Å². The van der Waals surface area contributed by atoms with Gasteiger partial charge in [0.25, 0.3) is 0 Å². The summed E-state index contributed by atoms with van der Waals surface area (Å²) in [6.45, 7) is 1.97. The highest BCUT2D eigenvalue weighted by atomic mass is 35.5. The number of aliphatic hydroxyl groups excluding tert-OH is 2. The van der Waals surface area contributed by atoms with Crippen molar-refractivity contribution in [2.45, 2.75) is 44.5 Å². The maximum absolute atomic E-state index is 10.5. The van der Waals surface area contributed by atoms with Gasteiger partial charge in [0.1, 0.15) is 12.3 Å². The van der Waals surface area contributed by atoms with E-state index in [0.29, 0.717) is 24.3 Å². The molecule has 2 aromatic carbocycles. The Morgan fingerprint density at radius 3 is 2.50 bits per heavy atom. The molecule has 0 saturated carbocycles. The van der Waals surface area contributed by atoms with Crippen LogP contribution in [0.4, 0.5) is 0 Å². The van der Waals surface area contributed by atoms with E-state index in [9.17, 15) is 15.1 Å². The maximum atomic E-state index is 10.5. The number of aliphatic hydroxyl groups is 2. The quantitative estimate of drug-likeness (QED) is 0.651. The Kier molecular flexibility index (Phi) is 8.86. The van der Waals surface area contributed by atoms with Crippen molar-refractivity contribution in [2.24, 2.45) is 5.18 Å². The summed E-state index contributed by atoms with van der Waals surface area (Å²) < 4.78 is 5.91. The summed E-state index contributed by atoms with van der Waals surface area (Å²) >= 11 is 6.33. The van der Waals surface area contributed by atoms with Crippen molar-refractivity contribution in [1.29, 1.82) is 0 Å². The van der Waals surface area contributed by atoms with E-state index in [1.165, 1.54) is 0 Å². The van der Waals surface area contributed by atoms with E-state index in [0.717, 1.165) is 16.7 Å². The molecule has 0 bridgehead atoms. The number of aromatic hydroxyl groups is 1. The highest BCUT2D eigenvalue weighted by Gasteiger charge is 2.29. The zero-order valence-corrected chi connectivity index (χ0v) is 16.5. The lowest BCUT2D eigenvalue weighted by Gasteiger charge is -2.32. The lowest BCUT2D eigenvalue weighted by atomic mass is 9.94. The summed E-state index contributed by atoms with van der Waals surface area (Å²) in [5, 5.41) is 30.5. The van der Waals surface area contributed by atoms with Gasteiger partial charge in [-0.1, -0.05) is 41.0 Å². The Morgan fingerprint density at radius 2 is 1.86 bits per heavy atom. The fraction of sp³-hybridized carbons (Fsp3) is 0.429. The van der Waals surface area contributed by atoms with E-state index < -0.39 is 6.10 Å². The van der Waals surface area contributed by atoms with E-state index in [-0.39, 0.29) is 31.1 Å². The second kappa shape index (κ2) is 11.1. The molecule has 3 atom stereocenters. The lowest BCUT2D eigenvalue weighted by molar-refractivity contribution is -0.0930. The normalized spacial score (nSPS) is 21.5. The predicted octanol–water partition coefficient (Wildman–Crippen LogP) is 3.98. The number of phenols is 1. The minimum atomic E-state index is -0.512. The molecular weight excluding hydrogens is 382 g/mol. The average Bonchev–Trinajstić information content (AvgIpc) is 2.66. The molecule has 0 aromatic heterocycles. The molecule has 28 heavy (non-hydrogen) atoms. The largest absolute Gasteiger partial charge is 0.508 e. The van der Waals surface area contributed by atoms with Crippen LogP contribution in [0.1, 0.15) is 42.6 Å². The van der Waals surface area contributed by atoms with Crippen LogP contribution in [-0.2, 0) is 11.2 Å². The smallest absolute Gasteiger partial charge is 0.115 e. The zero-order valence-electron chi connectivity index (χ0n) is 15.8. The summed E-state index contributed by atoms with van der Waals surface area (Å²) in [5.74, 6) is 0.225. The van der Waals surface area contributed by atoms with E-state index in [4.69, 9.17) is 21.4 Å². The topological polar surface area (TPSA) is 99.4 Å². The maximum Gasteiger partial charge on any atom is 0.115 e. The molecular formula is C21H26ClNO5. The number of nitrogens with zero attached hydrogens (tertiary/aromatic N) is 1. The SMILES string of the molecule is CCO.O=NCC1CC(O)CC(c2ccc(Cl)c(Cc3ccc(O)cc3)c2)O1. The van der Waals surface area contributed by atoms with Crippen LogP contribution in [0.3, 0.4) is 0 Å². The summed E-state index contributed by atoms with van der Waals surface area (Å²) in [6, 6.07) is 12.7. The van der Waals surface area contributed by atoms with Gasteiger partial charge >= 0.3 is 0 Å². The third kappa shape index (κ3) is 6.56. The molecule has 1 fully saturated rings. The highest BCUT2D eigenvalue weighted by molar-refractivity contribution is 6.31. The summed E-state index contributed by atoms with van der Waals surface area (Å²) in [6.07, 6.45) is 0.378. The molecule has 1 aliphatic heterocycles. The molecule has 6 nitrogen and oxygen atoms in total. The number of rotatable bonds is 5. The highest BCUT2D eigenvalue weighted by Crippen LogP contribution is 2.34. The van der Waals surface area contributed by atoms with Crippen molar-refractivity contribution in [3.63, 3.8) is 0 Å². The Balaban J connectivity index is 0.000000878. The minimum absolute atomic E-state index is 0.0432. The minimum Gasteiger partial charge on any atom is -0.508 e. The van der Waals surface area contributed by atoms with Crippen LogP contribution < -0.4 is 0 Å². The first kappa shape index (κ1) is 22.3. The number of halogens is 1. The van der Waals surface area contributed by atoms with E-state index in [2.05, 4.69) is 5.18 Å². The molecule has 1 heterocycles.